The monoisotopic (exact) mass is 351 g/mol. The first-order valence-corrected chi connectivity index (χ1v) is 8.24. The zero-order valence-corrected chi connectivity index (χ0v) is 14.4. The number of hydrogen-bond acceptors (Lipinski definition) is 3. The van der Waals surface area contributed by atoms with Gasteiger partial charge in [-0.2, -0.15) is 0 Å². The highest BCUT2D eigenvalue weighted by Gasteiger charge is 2.14. The van der Waals surface area contributed by atoms with Crippen LogP contribution in [0.2, 0.25) is 5.02 Å². The van der Waals surface area contributed by atoms with Gasteiger partial charge in [-0.15, -0.1) is 0 Å². The summed E-state index contributed by atoms with van der Waals surface area (Å²) in [6, 6.07) is 15.7. The molecule has 2 aromatic carbocycles. The third-order valence-electron chi connectivity index (χ3n) is 3.47. The number of carbonyl (C=O) groups excluding carboxylic acids is 1. The van der Waals surface area contributed by atoms with Gasteiger partial charge in [0.1, 0.15) is 0 Å². The van der Waals surface area contributed by atoms with Gasteiger partial charge < -0.3 is 4.74 Å². The zero-order valence-electron chi connectivity index (χ0n) is 12.9. The molecule has 1 N–H and O–H groups in total. The van der Waals surface area contributed by atoms with Crippen molar-refractivity contribution in [2.45, 2.75) is 25.8 Å². The maximum atomic E-state index is 11.5. The number of halogens is 2. The van der Waals surface area contributed by atoms with Gasteiger partial charge in [-0.25, -0.2) is 4.84 Å². The van der Waals surface area contributed by atoms with Crippen LogP contribution in [0.3, 0.4) is 0 Å². The van der Waals surface area contributed by atoms with Crippen LogP contribution in [-0.2, 0) is 16.0 Å². The Balaban J connectivity index is 2.02. The summed E-state index contributed by atoms with van der Waals surface area (Å²) in [7, 11) is 0. The van der Waals surface area contributed by atoms with Gasteiger partial charge in [0.25, 0.3) is 0 Å². The number of benzene rings is 2. The van der Waals surface area contributed by atoms with Crippen LogP contribution in [0.5, 0.6) is 0 Å². The van der Waals surface area contributed by atoms with Crippen LogP contribution < -0.4 is 4.84 Å². The lowest BCUT2D eigenvalue weighted by molar-refractivity contribution is -0.143. The van der Waals surface area contributed by atoms with Crippen molar-refractivity contribution in [1.82, 2.24) is 4.84 Å². The molecule has 1 atom stereocenters. The molecule has 0 unspecified atom stereocenters. The van der Waals surface area contributed by atoms with Crippen molar-refractivity contribution in [3.63, 3.8) is 0 Å². The molecular formula is C18H19Cl2NO2. The van der Waals surface area contributed by atoms with E-state index in [0.29, 0.717) is 18.1 Å². The van der Waals surface area contributed by atoms with E-state index in [1.165, 1.54) is 0 Å². The number of nitrogens with one attached hydrogen (secondary N) is 1. The summed E-state index contributed by atoms with van der Waals surface area (Å²) < 4.78 is 4.95. The first kappa shape index (κ1) is 17.8. The van der Waals surface area contributed by atoms with E-state index in [2.05, 4.69) is 4.84 Å². The van der Waals surface area contributed by atoms with E-state index >= 15 is 0 Å². The minimum absolute atomic E-state index is 0.160. The van der Waals surface area contributed by atoms with E-state index in [0.717, 1.165) is 16.7 Å². The zero-order chi connectivity index (χ0) is 16.7. The molecule has 3 nitrogen and oxygen atoms in total. The number of carbonyl (C=O) groups is 1. The maximum absolute atomic E-state index is 11.5. The highest BCUT2D eigenvalue weighted by atomic mass is 35.5. The summed E-state index contributed by atoms with van der Waals surface area (Å²) in [5.41, 5.74) is 3.26. The maximum Gasteiger partial charge on any atom is 0.307 e. The molecule has 5 heteroatoms. The number of rotatable bonds is 7. The minimum Gasteiger partial charge on any atom is -0.466 e. The fourth-order valence-corrected chi connectivity index (χ4v) is 2.70. The summed E-state index contributed by atoms with van der Waals surface area (Å²) in [6.07, 6.45) is 0.894. The van der Waals surface area contributed by atoms with Crippen LogP contribution in [0.15, 0.2) is 48.5 Å². The van der Waals surface area contributed by atoms with Crippen molar-refractivity contribution >= 4 is 29.3 Å². The molecule has 0 radical (unpaired) electrons. The predicted molar refractivity (Wildman–Crippen MR) is 94.6 cm³/mol. The van der Waals surface area contributed by atoms with Crippen LogP contribution in [0.25, 0.3) is 11.1 Å². The molecule has 122 valence electrons. The fraction of sp³-hybridized carbons (Fsp3) is 0.278. The second-order valence-corrected chi connectivity index (χ2v) is 5.88. The molecule has 0 aliphatic carbocycles. The third-order valence-corrected chi connectivity index (χ3v) is 4.01. The molecule has 0 aromatic heterocycles. The molecule has 0 heterocycles. The Hall–Kier alpha value is -1.55. The topological polar surface area (TPSA) is 38.3 Å². The summed E-state index contributed by atoms with van der Waals surface area (Å²) in [5, 5.41) is 0.715. The number of ether oxygens (including phenoxy) is 1. The molecule has 0 spiro atoms. The Morgan fingerprint density at radius 3 is 2.52 bits per heavy atom. The molecule has 0 aliphatic heterocycles. The minimum atomic E-state index is -0.249. The Bertz CT molecular complexity index is 644. The average molecular weight is 352 g/mol. The molecular weight excluding hydrogens is 333 g/mol. The molecule has 0 aliphatic rings. The molecule has 0 saturated carbocycles. The first-order valence-electron chi connectivity index (χ1n) is 7.49. The van der Waals surface area contributed by atoms with E-state index < -0.39 is 0 Å². The lowest BCUT2D eigenvalue weighted by atomic mass is 10.00. The van der Waals surface area contributed by atoms with Crippen LogP contribution in [-0.4, -0.2) is 18.6 Å². The van der Waals surface area contributed by atoms with Gasteiger partial charge in [-0.05, 0) is 53.9 Å². The van der Waals surface area contributed by atoms with E-state index in [9.17, 15) is 4.79 Å². The van der Waals surface area contributed by atoms with Gasteiger partial charge in [0, 0.05) is 11.1 Å². The standard InChI is InChI=1S/C18H19Cl2NO2/c1-2-23-18(22)12-17(21-20)10-13-6-8-14(9-7-13)15-4-3-5-16(19)11-15/h3-9,11,17,21H,2,10,12H2,1H3/t17-/m1/s1. The quantitative estimate of drug-likeness (QED) is 0.584. The van der Waals surface area contributed by atoms with E-state index in [-0.39, 0.29) is 18.4 Å². The molecule has 2 aromatic rings. The molecule has 23 heavy (non-hydrogen) atoms. The van der Waals surface area contributed by atoms with Crippen molar-refractivity contribution in [3.05, 3.63) is 59.1 Å². The Morgan fingerprint density at radius 1 is 1.17 bits per heavy atom. The van der Waals surface area contributed by atoms with Crippen molar-refractivity contribution in [2.75, 3.05) is 6.61 Å². The van der Waals surface area contributed by atoms with Crippen molar-refractivity contribution in [2.24, 2.45) is 0 Å². The molecule has 0 amide bonds. The van der Waals surface area contributed by atoms with E-state index in [4.69, 9.17) is 28.1 Å². The Morgan fingerprint density at radius 2 is 1.91 bits per heavy atom. The van der Waals surface area contributed by atoms with E-state index in [1.54, 1.807) is 6.92 Å². The number of esters is 1. The normalized spacial score (nSPS) is 12.0. The second kappa shape index (κ2) is 8.92. The Kier molecular flexibility index (Phi) is 6.90. The van der Waals surface area contributed by atoms with Gasteiger partial charge in [-0.3, -0.25) is 4.79 Å². The van der Waals surface area contributed by atoms with Gasteiger partial charge >= 0.3 is 5.97 Å². The lowest BCUT2D eigenvalue weighted by Crippen LogP contribution is -2.27. The SMILES string of the molecule is CCOC(=O)C[C@@H](Cc1ccc(-c2cccc(Cl)c2)cc1)NCl. The van der Waals surface area contributed by atoms with Crippen molar-refractivity contribution < 1.29 is 9.53 Å². The smallest absolute Gasteiger partial charge is 0.307 e. The summed E-state index contributed by atoms with van der Waals surface area (Å²) in [6.45, 7) is 2.16. The summed E-state index contributed by atoms with van der Waals surface area (Å²) >= 11 is 11.8. The largest absolute Gasteiger partial charge is 0.466 e. The molecule has 2 rings (SSSR count). The molecule has 0 bridgehead atoms. The van der Waals surface area contributed by atoms with Crippen molar-refractivity contribution in [1.29, 1.82) is 0 Å². The fourth-order valence-electron chi connectivity index (χ4n) is 2.36. The van der Waals surface area contributed by atoms with Gasteiger partial charge in [-0.1, -0.05) is 48.0 Å². The Labute approximate surface area is 146 Å². The molecule has 0 fully saturated rings. The second-order valence-electron chi connectivity index (χ2n) is 5.23. The molecule has 0 saturated heterocycles. The van der Waals surface area contributed by atoms with Crippen LogP contribution >= 0.6 is 23.4 Å². The average Bonchev–Trinajstić information content (AvgIpc) is 2.55. The van der Waals surface area contributed by atoms with Crippen molar-refractivity contribution in [3.8, 4) is 11.1 Å². The van der Waals surface area contributed by atoms with Gasteiger partial charge in [0.05, 0.1) is 13.0 Å². The number of hydrogen-bond donors (Lipinski definition) is 1. The first-order chi connectivity index (χ1) is 11.1. The lowest BCUT2D eigenvalue weighted by Gasteiger charge is -2.14. The van der Waals surface area contributed by atoms with Gasteiger partial charge in [0.15, 0.2) is 0 Å². The summed E-state index contributed by atoms with van der Waals surface area (Å²) in [4.78, 5) is 14.2. The van der Waals surface area contributed by atoms with E-state index in [1.807, 2.05) is 48.5 Å². The third kappa shape index (κ3) is 5.54. The van der Waals surface area contributed by atoms with Crippen LogP contribution in [0, 0.1) is 0 Å². The highest BCUT2D eigenvalue weighted by Crippen LogP contribution is 2.23. The highest BCUT2D eigenvalue weighted by molar-refractivity contribution is 6.30. The predicted octanol–water partition coefficient (Wildman–Crippen LogP) is 4.61. The summed E-state index contributed by atoms with van der Waals surface area (Å²) in [5.74, 6) is -0.249. The van der Waals surface area contributed by atoms with Crippen LogP contribution in [0.4, 0.5) is 0 Å². The van der Waals surface area contributed by atoms with Crippen LogP contribution in [0.1, 0.15) is 18.9 Å². The van der Waals surface area contributed by atoms with Gasteiger partial charge in [0.2, 0.25) is 0 Å².